The van der Waals surface area contributed by atoms with E-state index in [-0.39, 0.29) is 0 Å². The Kier molecular flexibility index (Phi) is 4.28. The molecule has 6 nitrogen and oxygen atoms in total. The van der Waals surface area contributed by atoms with Crippen LogP contribution in [0.5, 0.6) is 0 Å². The van der Waals surface area contributed by atoms with E-state index in [1.54, 1.807) is 17.4 Å². The predicted molar refractivity (Wildman–Crippen MR) is 101 cm³/mol. The van der Waals surface area contributed by atoms with Crippen LogP contribution >= 0.6 is 11.3 Å². The Morgan fingerprint density at radius 1 is 1.15 bits per heavy atom. The lowest BCUT2D eigenvalue weighted by Gasteiger charge is -2.06. The number of carbonyl (C=O) groups excluding carboxylic acids is 1. The number of ether oxygens (including phenoxy) is 1. The molecule has 0 bridgehead atoms. The van der Waals surface area contributed by atoms with Gasteiger partial charge in [-0.1, -0.05) is 42.5 Å². The third kappa shape index (κ3) is 3.00. The van der Waals surface area contributed by atoms with E-state index in [0.717, 1.165) is 31.7 Å². The molecule has 0 radical (unpaired) electrons. The molecule has 0 unspecified atom stereocenters. The standard InChI is InChI=1S/C19H14N4O2S/c1-25-17(24)10-9-13-11-16(19-20-22-23-21-19)18(26-13)15-8-4-6-12-5-2-3-7-14(12)15/h2-11H,1H3,(H,20,21,22,23)/b10-9+. The van der Waals surface area contributed by atoms with Crippen molar-refractivity contribution in [2.75, 3.05) is 7.11 Å². The number of H-pyrrole nitrogens is 1. The van der Waals surface area contributed by atoms with Crippen LogP contribution in [0.1, 0.15) is 4.88 Å². The van der Waals surface area contributed by atoms with E-state index in [2.05, 4.69) is 49.6 Å². The molecule has 0 fully saturated rings. The second-order valence-corrected chi connectivity index (χ2v) is 6.59. The lowest BCUT2D eigenvalue weighted by Crippen LogP contribution is -1.92. The fraction of sp³-hybridized carbons (Fsp3) is 0.0526. The summed E-state index contributed by atoms with van der Waals surface area (Å²) in [4.78, 5) is 13.3. The second-order valence-electron chi connectivity index (χ2n) is 5.51. The number of hydrogen-bond acceptors (Lipinski definition) is 6. The van der Waals surface area contributed by atoms with Gasteiger partial charge in [0.25, 0.3) is 0 Å². The highest BCUT2D eigenvalue weighted by atomic mass is 32.1. The molecule has 2 heterocycles. The Hall–Kier alpha value is -3.32. The maximum atomic E-state index is 11.4. The fourth-order valence-electron chi connectivity index (χ4n) is 2.78. The predicted octanol–water partition coefficient (Wildman–Crippen LogP) is 3.93. The number of carbonyl (C=O) groups is 1. The zero-order valence-corrected chi connectivity index (χ0v) is 14.7. The zero-order chi connectivity index (χ0) is 17.9. The van der Waals surface area contributed by atoms with Crippen molar-refractivity contribution in [1.29, 1.82) is 0 Å². The molecule has 0 saturated heterocycles. The number of nitrogens with zero attached hydrogens (tertiary/aromatic N) is 3. The molecule has 4 rings (SSSR count). The van der Waals surface area contributed by atoms with Gasteiger partial charge in [0.15, 0.2) is 0 Å². The largest absolute Gasteiger partial charge is 0.466 e. The summed E-state index contributed by atoms with van der Waals surface area (Å²) in [5.74, 6) is 0.119. The number of hydrogen-bond donors (Lipinski definition) is 1. The average molecular weight is 362 g/mol. The van der Waals surface area contributed by atoms with Gasteiger partial charge in [0.2, 0.25) is 5.82 Å². The van der Waals surface area contributed by atoms with Crippen LogP contribution in [-0.4, -0.2) is 33.7 Å². The number of nitrogens with one attached hydrogen (secondary N) is 1. The van der Waals surface area contributed by atoms with E-state index in [9.17, 15) is 4.79 Å². The third-order valence-electron chi connectivity index (χ3n) is 3.96. The minimum absolute atomic E-state index is 0.397. The number of thiophene rings is 1. The van der Waals surface area contributed by atoms with Crippen molar-refractivity contribution < 1.29 is 9.53 Å². The number of tetrazole rings is 1. The van der Waals surface area contributed by atoms with Crippen molar-refractivity contribution in [1.82, 2.24) is 20.6 Å². The molecule has 128 valence electrons. The number of fused-ring (bicyclic) bond motifs is 1. The Morgan fingerprint density at radius 2 is 2.00 bits per heavy atom. The van der Waals surface area contributed by atoms with Crippen LogP contribution in [0.4, 0.5) is 0 Å². The van der Waals surface area contributed by atoms with Crippen molar-refractivity contribution in [3.8, 4) is 21.8 Å². The van der Waals surface area contributed by atoms with Gasteiger partial charge in [-0.3, -0.25) is 0 Å². The maximum Gasteiger partial charge on any atom is 0.330 e. The summed E-state index contributed by atoms with van der Waals surface area (Å²) in [7, 11) is 1.35. The van der Waals surface area contributed by atoms with Crippen LogP contribution < -0.4 is 0 Å². The molecule has 0 saturated carbocycles. The maximum absolute atomic E-state index is 11.4. The fourth-order valence-corrected chi connectivity index (χ4v) is 3.87. The van der Waals surface area contributed by atoms with E-state index >= 15 is 0 Å². The van der Waals surface area contributed by atoms with Gasteiger partial charge < -0.3 is 4.74 Å². The van der Waals surface area contributed by atoms with Gasteiger partial charge in [-0.25, -0.2) is 4.79 Å². The SMILES string of the molecule is COC(=O)/C=C/c1cc(-c2nn[nH]n2)c(-c2cccc3ccccc23)s1. The van der Waals surface area contributed by atoms with Gasteiger partial charge >= 0.3 is 5.97 Å². The normalized spacial score (nSPS) is 11.3. The van der Waals surface area contributed by atoms with Crippen LogP contribution in [0.3, 0.4) is 0 Å². The summed E-state index contributed by atoms with van der Waals surface area (Å²) < 4.78 is 4.66. The first kappa shape index (κ1) is 16.2. The van der Waals surface area contributed by atoms with Gasteiger partial charge in [0.1, 0.15) is 0 Å². The number of aromatic nitrogens is 4. The van der Waals surface area contributed by atoms with Crippen LogP contribution in [0.15, 0.2) is 54.6 Å². The van der Waals surface area contributed by atoms with E-state index in [1.165, 1.54) is 13.2 Å². The lowest BCUT2D eigenvalue weighted by molar-refractivity contribution is -0.134. The molecule has 0 atom stereocenters. The number of aromatic amines is 1. The first-order valence-electron chi connectivity index (χ1n) is 7.88. The van der Waals surface area contributed by atoms with E-state index in [4.69, 9.17) is 0 Å². The second kappa shape index (κ2) is 6.89. The van der Waals surface area contributed by atoms with Gasteiger partial charge in [0.05, 0.1) is 7.11 Å². The topological polar surface area (TPSA) is 80.8 Å². The zero-order valence-electron chi connectivity index (χ0n) is 13.8. The van der Waals surface area contributed by atoms with Crippen molar-refractivity contribution in [2.45, 2.75) is 0 Å². The molecular weight excluding hydrogens is 348 g/mol. The molecule has 2 aromatic carbocycles. The highest BCUT2D eigenvalue weighted by Gasteiger charge is 2.17. The van der Waals surface area contributed by atoms with Gasteiger partial charge in [-0.2, -0.15) is 5.21 Å². The summed E-state index contributed by atoms with van der Waals surface area (Å²) in [5, 5.41) is 16.7. The van der Waals surface area contributed by atoms with Crippen LogP contribution in [0.25, 0.3) is 38.7 Å². The van der Waals surface area contributed by atoms with Gasteiger partial charge in [-0.05, 0) is 28.1 Å². The molecule has 7 heteroatoms. The van der Waals surface area contributed by atoms with Crippen LogP contribution in [0.2, 0.25) is 0 Å². The van der Waals surface area contributed by atoms with E-state index < -0.39 is 5.97 Å². The highest BCUT2D eigenvalue weighted by molar-refractivity contribution is 7.17. The Labute approximate surface area is 153 Å². The summed E-state index contributed by atoms with van der Waals surface area (Å²) in [6, 6.07) is 16.3. The van der Waals surface area contributed by atoms with Gasteiger partial charge in [-0.15, -0.1) is 21.5 Å². The van der Waals surface area contributed by atoms with Crippen LogP contribution in [-0.2, 0) is 9.53 Å². The van der Waals surface area contributed by atoms with Crippen LogP contribution in [0, 0.1) is 0 Å². The number of esters is 1. The summed E-state index contributed by atoms with van der Waals surface area (Å²) in [6.07, 6.45) is 3.13. The summed E-state index contributed by atoms with van der Waals surface area (Å²) in [6.45, 7) is 0. The summed E-state index contributed by atoms with van der Waals surface area (Å²) in [5.41, 5.74) is 1.95. The highest BCUT2D eigenvalue weighted by Crippen LogP contribution is 2.41. The molecule has 2 aromatic heterocycles. The van der Waals surface area contributed by atoms with Crippen molar-refractivity contribution in [3.05, 3.63) is 59.5 Å². The average Bonchev–Trinajstić information content (AvgIpc) is 3.35. The summed E-state index contributed by atoms with van der Waals surface area (Å²) >= 11 is 1.56. The molecule has 0 aliphatic heterocycles. The number of methoxy groups -OCH3 is 1. The quantitative estimate of drug-likeness (QED) is 0.439. The van der Waals surface area contributed by atoms with E-state index in [1.807, 2.05) is 24.3 Å². The molecule has 0 spiro atoms. The number of rotatable bonds is 4. The molecule has 0 amide bonds. The molecule has 0 aliphatic carbocycles. The first-order valence-corrected chi connectivity index (χ1v) is 8.70. The molecule has 26 heavy (non-hydrogen) atoms. The monoisotopic (exact) mass is 362 g/mol. The van der Waals surface area contributed by atoms with Gasteiger partial charge in [0, 0.05) is 27.0 Å². The Bertz CT molecular complexity index is 1090. The van der Waals surface area contributed by atoms with Crippen molar-refractivity contribution in [3.63, 3.8) is 0 Å². The Balaban J connectivity index is 1.90. The molecule has 1 N–H and O–H groups in total. The minimum Gasteiger partial charge on any atom is -0.466 e. The molecule has 0 aliphatic rings. The minimum atomic E-state index is -0.397. The molecule has 4 aromatic rings. The van der Waals surface area contributed by atoms with Crippen molar-refractivity contribution >= 4 is 34.2 Å². The first-order chi connectivity index (χ1) is 12.8. The Morgan fingerprint density at radius 3 is 2.81 bits per heavy atom. The lowest BCUT2D eigenvalue weighted by atomic mass is 10.0. The van der Waals surface area contributed by atoms with E-state index in [0.29, 0.717) is 5.82 Å². The number of benzene rings is 2. The smallest absolute Gasteiger partial charge is 0.330 e. The van der Waals surface area contributed by atoms with Crippen molar-refractivity contribution in [2.24, 2.45) is 0 Å². The third-order valence-corrected chi connectivity index (χ3v) is 5.09. The molecular formula is C19H14N4O2S.